The molecule has 4 aromatic rings. The molecule has 12 nitrogen and oxygen atoms in total. The van der Waals surface area contributed by atoms with Crippen LogP contribution in [0.15, 0.2) is 40.8 Å². The van der Waals surface area contributed by atoms with Gasteiger partial charge >= 0.3 is 5.97 Å². The Morgan fingerprint density at radius 1 is 1.02 bits per heavy atom. The van der Waals surface area contributed by atoms with Crippen molar-refractivity contribution in [3.8, 4) is 22.6 Å². The molecule has 3 aliphatic rings. The summed E-state index contributed by atoms with van der Waals surface area (Å²) in [5, 5.41) is 35.2. The molecule has 0 radical (unpaired) electrons. The summed E-state index contributed by atoms with van der Waals surface area (Å²) in [5.74, 6) is 1.28. The van der Waals surface area contributed by atoms with Gasteiger partial charge in [-0.3, -0.25) is 14.6 Å². The van der Waals surface area contributed by atoms with E-state index in [9.17, 15) is 20.1 Å². The van der Waals surface area contributed by atoms with Crippen LogP contribution in [0.3, 0.4) is 0 Å². The van der Waals surface area contributed by atoms with Gasteiger partial charge in [0.2, 0.25) is 5.89 Å². The largest absolute Gasteiger partial charge is 0.481 e. The molecule has 2 unspecified atom stereocenters. The number of imidazole rings is 1. The van der Waals surface area contributed by atoms with Crippen LogP contribution in [0.4, 0.5) is 5.69 Å². The van der Waals surface area contributed by atoms with Gasteiger partial charge in [-0.1, -0.05) is 31.2 Å². The number of aliphatic hydroxyl groups is 2. The van der Waals surface area contributed by atoms with Gasteiger partial charge in [-0.2, -0.15) is 0 Å². The topological polar surface area (TPSA) is 143 Å². The van der Waals surface area contributed by atoms with Gasteiger partial charge < -0.3 is 34.5 Å². The van der Waals surface area contributed by atoms with Gasteiger partial charge in [-0.15, -0.1) is 0 Å². The van der Waals surface area contributed by atoms with Crippen LogP contribution in [0.5, 0.6) is 0 Å². The number of anilines is 1. The standard InChI is InChI=1S/C40H53N7O5/c1-7-44(5)23-35(48)47-21-32-34(22-47)52-38(43-32)29-12-8-10-27(24(29)2)28-11-9-13-30(25(28)3)42-37(49)36-41-31-20-46(19-16-33(31)45(36)6)26-14-17-40(4,18-15-26)39(50)51/h8-13,26,35,37,42,48-49H,7,14-23H2,1-6H3,(H,50,51). The summed E-state index contributed by atoms with van der Waals surface area (Å²) in [6.45, 7) is 12.2. The van der Waals surface area contributed by atoms with Gasteiger partial charge in [-0.05, 0) is 94.4 Å². The lowest BCUT2D eigenvalue weighted by Crippen LogP contribution is -2.44. The molecule has 2 atom stereocenters. The van der Waals surface area contributed by atoms with E-state index < -0.39 is 23.8 Å². The van der Waals surface area contributed by atoms with Crippen LogP contribution < -0.4 is 5.32 Å². The summed E-state index contributed by atoms with van der Waals surface area (Å²) < 4.78 is 8.32. The number of oxazole rings is 1. The van der Waals surface area contributed by atoms with E-state index in [1.165, 1.54) is 0 Å². The molecule has 1 fully saturated rings. The van der Waals surface area contributed by atoms with Gasteiger partial charge in [0.25, 0.3) is 0 Å². The Labute approximate surface area is 306 Å². The normalized spacial score (nSPS) is 22.0. The summed E-state index contributed by atoms with van der Waals surface area (Å²) in [7, 11) is 3.97. The molecule has 7 rings (SSSR count). The molecular formula is C40H53N7O5. The van der Waals surface area contributed by atoms with Crippen LogP contribution in [-0.2, 0) is 37.9 Å². The molecule has 0 spiro atoms. The Kier molecular flexibility index (Phi) is 10.0. The number of aliphatic carboxylic acids is 1. The summed E-state index contributed by atoms with van der Waals surface area (Å²) >= 11 is 0. The average Bonchev–Trinajstić information content (AvgIpc) is 3.81. The number of benzene rings is 2. The maximum atomic E-state index is 11.8. The van der Waals surface area contributed by atoms with Crippen molar-refractivity contribution in [2.75, 3.05) is 32.0 Å². The van der Waals surface area contributed by atoms with Crippen LogP contribution >= 0.6 is 0 Å². The van der Waals surface area contributed by atoms with Crippen LogP contribution in [-0.4, -0.2) is 89.5 Å². The predicted octanol–water partition coefficient (Wildman–Crippen LogP) is 5.44. The number of carboxylic acids is 1. The van der Waals surface area contributed by atoms with Gasteiger partial charge in [0, 0.05) is 62.6 Å². The summed E-state index contributed by atoms with van der Waals surface area (Å²) in [6, 6.07) is 12.6. The van der Waals surface area contributed by atoms with Crippen LogP contribution in [0.1, 0.15) is 85.6 Å². The lowest BCUT2D eigenvalue weighted by Gasteiger charge is -2.41. The van der Waals surface area contributed by atoms with Gasteiger partial charge in [0.15, 0.2) is 12.1 Å². The smallest absolute Gasteiger partial charge is 0.309 e. The van der Waals surface area contributed by atoms with E-state index in [2.05, 4.69) is 48.0 Å². The number of fused-ring (bicyclic) bond motifs is 2. The molecule has 52 heavy (non-hydrogen) atoms. The molecule has 4 heterocycles. The minimum Gasteiger partial charge on any atom is -0.481 e. The minimum absolute atomic E-state index is 0.355. The van der Waals surface area contributed by atoms with E-state index in [1.807, 2.05) is 54.8 Å². The Morgan fingerprint density at radius 3 is 2.40 bits per heavy atom. The zero-order valence-electron chi connectivity index (χ0n) is 31.3. The first-order valence-corrected chi connectivity index (χ1v) is 18.6. The van der Waals surface area contributed by atoms with E-state index in [4.69, 9.17) is 14.4 Å². The quantitative estimate of drug-likeness (QED) is 0.148. The minimum atomic E-state index is -1.01. The zero-order valence-corrected chi connectivity index (χ0v) is 31.3. The van der Waals surface area contributed by atoms with E-state index in [-0.39, 0.29) is 0 Å². The molecule has 0 amide bonds. The first kappa shape index (κ1) is 36.3. The number of nitrogens with one attached hydrogen (secondary N) is 1. The van der Waals surface area contributed by atoms with E-state index >= 15 is 0 Å². The SMILES string of the molecule is CCN(C)CC(O)N1Cc2nc(-c3cccc(-c4cccc(NC(O)c5nc6c(n5C)CCN(C5CCC(C)(C(=O)O)CC5)C6)c4C)c3C)oc2C1. The third kappa shape index (κ3) is 6.78. The number of aromatic nitrogens is 3. The molecule has 1 saturated carbocycles. The van der Waals surface area contributed by atoms with Crippen molar-refractivity contribution in [3.63, 3.8) is 0 Å². The summed E-state index contributed by atoms with van der Waals surface area (Å²) in [5.41, 5.74) is 8.29. The number of nitrogens with zero attached hydrogens (tertiary/aromatic N) is 6. The maximum Gasteiger partial charge on any atom is 0.309 e. The third-order valence-electron chi connectivity index (χ3n) is 12.1. The number of hydrogen-bond acceptors (Lipinski definition) is 10. The van der Waals surface area contributed by atoms with Crippen molar-refractivity contribution in [1.82, 2.24) is 29.2 Å². The highest BCUT2D eigenvalue weighted by Gasteiger charge is 2.40. The highest BCUT2D eigenvalue weighted by molar-refractivity contribution is 5.80. The second-order valence-corrected chi connectivity index (χ2v) is 15.4. The molecule has 278 valence electrons. The fourth-order valence-electron chi connectivity index (χ4n) is 8.31. The van der Waals surface area contributed by atoms with Crippen molar-refractivity contribution < 1.29 is 24.5 Å². The van der Waals surface area contributed by atoms with Gasteiger partial charge in [0.05, 0.1) is 23.3 Å². The second kappa shape index (κ2) is 14.4. The van der Waals surface area contributed by atoms with Crippen molar-refractivity contribution in [3.05, 3.63) is 76.2 Å². The van der Waals surface area contributed by atoms with Gasteiger partial charge in [0.1, 0.15) is 12.0 Å². The lowest BCUT2D eigenvalue weighted by atomic mass is 9.73. The summed E-state index contributed by atoms with van der Waals surface area (Å²) in [4.78, 5) is 28.1. The molecule has 2 aliphatic heterocycles. The Hall–Kier alpha value is -4.07. The van der Waals surface area contributed by atoms with Crippen LogP contribution in [0.2, 0.25) is 0 Å². The fraction of sp³-hybridized carbons (Fsp3) is 0.525. The molecule has 2 aromatic carbocycles. The van der Waals surface area contributed by atoms with Gasteiger partial charge in [-0.25, -0.2) is 9.97 Å². The van der Waals surface area contributed by atoms with Crippen LogP contribution in [0.25, 0.3) is 22.6 Å². The molecule has 0 saturated heterocycles. The molecule has 0 bridgehead atoms. The Balaban J connectivity index is 1.05. The van der Waals surface area contributed by atoms with Crippen molar-refractivity contribution in [2.45, 2.75) is 97.9 Å². The number of hydrogen-bond donors (Lipinski definition) is 4. The number of rotatable bonds is 11. The predicted molar refractivity (Wildman–Crippen MR) is 199 cm³/mol. The number of carboxylic acid groups (broad SMARTS) is 1. The first-order chi connectivity index (χ1) is 24.9. The van der Waals surface area contributed by atoms with Crippen molar-refractivity contribution >= 4 is 11.7 Å². The molecular weight excluding hydrogens is 658 g/mol. The molecule has 1 aliphatic carbocycles. The van der Waals surface area contributed by atoms with Crippen molar-refractivity contribution in [1.29, 1.82) is 0 Å². The average molecular weight is 712 g/mol. The highest BCUT2D eigenvalue weighted by Crippen LogP contribution is 2.40. The van der Waals surface area contributed by atoms with E-state index in [0.29, 0.717) is 56.8 Å². The van der Waals surface area contributed by atoms with E-state index in [1.54, 1.807) is 0 Å². The Morgan fingerprint density at radius 2 is 1.71 bits per heavy atom. The maximum absolute atomic E-state index is 11.8. The second-order valence-electron chi connectivity index (χ2n) is 15.4. The lowest BCUT2D eigenvalue weighted by molar-refractivity contribution is -0.150. The molecule has 4 N–H and O–H groups in total. The fourth-order valence-corrected chi connectivity index (χ4v) is 8.31. The summed E-state index contributed by atoms with van der Waals surface area (Å²) in [6.07, 6.45) is 2.39. The highest BCUT2D eigenvalue weighted by atomic mass is 16.4. The molecule has 2 aromatic heterocycles. The van der Waals surface area contributed by atoms with Crippen molar-refractivity contribution in [2.24, 2.45) is 12.5 Å². The number of carbonyl (C=O) groups is 1. The van der Waals surface area contributed by atoms with Crippen LogP contribution in [0, 0.1) is 19.3 Å². The number of aliphatic hydroxyl groups excluding tert-OH is 2. The number of likely N-dealkylation sites (N-methyl/N-ethyl adjacent to an activating group) is 1. The zero-order chi connectivity index (χ0) is 36.9. The Bertz CT molecular complexity index is 1920. The van der Waals surface area contributed by atoms with E-state index in [0.717, 1.165) is 88.7 Å². The molecule has 12 heteroatoms. The third-order valence-corrected chi connectivity index (χ3v) is 12.1. The monoisotopic (exact) mass is 711 g/mol. The first-order valence-electron chi connectivity index (χ1n) is 18.6.